The van der Waals surface area contributed by atoms with Gasteiger partial charge in [0.25, 0.3) is 5.91 Å². The molecule has 0 bridgehead atoms. The number of carbonyl (C=O) groups is 2. The molecule has 1 aromatic carbocycles. The highest BCUT2D eigenvalue weighted by atomic mass is 19.1. The summed E-state index contributed by atoms with van der Waals surface area (Å²) in [7, 11) is 1.45. The van der Waals surface area contributed by atoms with E-state index in [1.807, 2.05) is 0 Å². The minimum atomic E-state index is -1.06. The number of carbonyl (C=O) groups excluding carboxylic acids is 1. The molecule has 0 radical (unpaired) electrons. The van der Waals surface area contributed by atoms with Gasteiger partial charge in [-0.05, 0) is 43.5 Å². The number of aryl methyl sites for hydroxylation is 2. The topological polar surface area (TPSA) is 66.8 Å². The van der Waals surface area contributed by atoms with Gasteiger partial charge in [-0.15, -0.1) is 0 Å². The summed E-state index contributed by atoms with van der Waals surface area (Å²) in [6.07, 6.45) is 0.348. The van der Waals surface area contributed by atoms with E-state index in [2.05, 4.69) is 0 Å². The molecule has 120 valence electrons. The molecule has 1 amide bonds. The Kier molecular flexibility index (Phi) is 4.51. The van der Waals surface area contributed by atoms with Crippen LogP contribution in [0.15, 0.2) is 12.1 Å². The van der Waals surface area contributed by atoms with E-state index in [0.29, 0.717) is 29.7 Å². The molecule has 1 atom stereocenters. The minimum Gasteiger partial charge on any atom is -0.481 e. The van der Waals surface area contributed by atoms with E-state index in [9.17, 15) is 19.1 Å². The number of carboxylic acid groups (broad SMARTS) is 1. The smallest absolute Gasteiger partial charge is 0.313 e. The third kappa shape index (κ3) is 2.83. The molecule has 0 aliphatic carbocycles. The quantitative estimate of drug-likeness (QED) is 0.924. The molecule has 6 heteroatoms. The minimum absolute atomic E-state index is 0.0631. The normalized spacial score (nSPS) is 21.2. The van der Waals surface area contributed by atoms with Gasteiger partial charge in [0.2, 0.25) is 0 Å². The van der Waals surface area contributed by atoms with Gasteiger partial charge in [-0.1, -0.05) is 0 Å². The Morgan fingerprint density at radius 3 is 2.45 bits per heavy atom. The van der Waals surface area contributed by atoms with Crippen molar-refractivity contribution in [3.63, 3.8) is 0 Å². The first-order chi connectivity index (χ1) is 10.3. The first-order valence-corrected chi connectivity index (χ1v) is 7.09. The average Bonchev–Trinajstić information content (AvgIpc) is 2.89. The predicted octanol–water partition coefficient (Wildman–Crippen LogP) is 2.01. The number of nitrogens with zero attached hydrogens (tertiary/aromatic N) is 1. The van der Waals surface area contributed by atoms with Crippen molar-refractivity contribution < 1.29 is 23.8 Å². The van der Waals surface area contributed by atoms with Gasteiger partial charge in [-0.2, -0.15) is 0 Å². The van der Waals surface area contributed by atoms with E-state index >= 15 is 0 Å². The molecule has 1 heterocycles. The van der Waals surface area contributed by atoms with E-state index in [-0.39, 0.29) is 24.9 Å². The molecule has 0 spiro atoms. The van der Waals surface area contributed by atoms with Crippen LogP contribution < -0.4 is 0 Å². The lowest BCUT2D eigenvalue weighted by molar-refractivity contribution is -0.151. The van der Waals surface area contributed by atoms with Crippen molar-refractivity contribution >= 4 is 11.9 Å². The largest absolute Gasteiger partial charge is 0.481 e. The Bertz CT molecular complexity index is 593. The Hall–Kier alpha value is -1.95. The Morgan fingerprint density at radius 2 is 1.95 bits per heavy atom. The van der Waals surface area contributed by atoms with Gasteiger partial charge in [-0.25, -0.2) is 4.39 Å². The fourth-order valence-electron chi connectivity index (χ4n) is 2.93. The average molecular weight is 309 g/mol. The number of rotatable bonds is 4. The van der Waals surface area contributed by atoms with Crippen molar-refractivity contribution in [1.82, 2.24) is 4.90 Å². The Morgan fingerprint density at radius 1 is 1.36 bits per heavy atom. The fourth-order valence-corrected chi connectivity index (χ4v) is 2.93. The van der Waals surface area contributed by atoms with Crippen LogP contribution in [0.2, 0.25) is 0 Å². The summed E-state index contributed by atoms with van der Waals surface area (Å²) in [6.45, 7) is 3.73. The van der Waals surface area contributed by atoms with Gasteiger partial charge < -0.3 is 14.7 Å². The number of amides is 1. The zero-order valence-electron chi connectivity index (χ0n) is 13.0. The number of methoxy groups -OCH3 is 1. The molecule has 0 aromatic heterocycles. The van der Waals surface area contributed by atoms with E-state index in [1.165, 1.54) is 24.1 Å². The maximum atomic E-state index is 13.7. The molecule has 1 unspecified atom stereocenters. The van der Waals surface area contributed by atoms with Crippen molar-refractivity contribution in [3.05, 3.63) is 34.6 Å². The van der Waals surface area contributed by atoms with Crippen LogP contribution >= 0.6 is 0 Å². The first kappa shape index (κ1) is 16.4. The highest BCUT2D eigenvalue weighted by Crippen LogP contribution is 2.32. The lowest BCUT2D eigenvalue weighted by Gasteiger charge is -2.24. The fraction of sp³-hybridized carbons (Fsp3) is 0.500. The standard InChI is InChI=1S/C16H20FNO4/c1-10-6-12(7-11(2)13(10)17)14(19)18-5-4-16(8-18,9-22-3)15(20)21/h6-7H,4-5,8-9H2,1-3H3,(H,20,21). The molecule has 1 fully saturated rings. The number of hydrogen-bond donors (Lipinski definition) is 1. The summed E-state index contributed by atoms with van der Waals surface area (Å²) >= 11 is 0. The van der Waals surface area contributed by atoms with Gasteiger partial charge in [0.1, 0.15) is 11.2 Å². The predicted molar refractivity (Wildman–Crippen MR) is 78.3 cm³/mol. The van der Waals surface area contributed by atoms with E-state index in [1.54, 1.807) is 13.8 Å². The summed E-state index contributed by atoms with van der Waals surface area (Å²) < 4.78 is 18.7. The van der Waals surface area contributed by atoms with Crippen LogP contribution in [-0.4, -0.2) is 48.7 Å². The van der Waals surface area contributed by atoms with E-state index in [0.717, 1.165) is 0 Å². The molecule has 0 saturated carbocycles. The maximum absolute atomic E-state index is 13.7. The van der Waals surface area contributed by atoms with Crippen LogP contribution in [0.3, 0.4) is 0 Å². The molecule has 5 nitrogen and oxygen atoms in total. The van der Waals surface area contributed by atoms with Crippen LogP contribution in [-0.2, 0) is 9.53 Å². The van der Waals surface area contributed by atoms with Gasteiger partial charge in [0.15, 0.2) is 0 Å². The lowest BCUT2D eigenvalue weighted by Crippen LogP contribution is -2.40. The number of hydrogen-bond acceptors (Lipinski definition) is 3. The SMILES string of the molecule is COCC1(C(=O)O)CCN(C(=O)c2cc(C)c(F)c(C)c2)C1. The second kappa shape index (κ2) is 6.04. The van der Waals surface area contributed by atoms with Gasteiger partial charge in [-0.3, -0.25) is 9.59 Å². The van der Waals surface area contributed by atoms with Gasteiger partial charge in [0.05, 0.1) is 6.61 Å². The second-order valence-corrected chi connectivity index (χ2v) is 5.92. The molecule has 1 N–H and O–H groups in total. The van der Waals surface area contributed by atoms with Crippen molar-refractivity contribution in [2.45, 2.75) is 20.3 Å². The molecule has 1 saturated heterocycles. The molecule has 2 rings (SSSR count). The summed E-state index contributed by atoms with van der Waals surface area (Å²) in [5, 5.41) is 9.42. The summed E-state index contributed by atoms with van der Waals surface area (Å²) in [4.78, 5) is 25.5. The number of halogens is 1. The number of ether oxygens (including phenoxy) is 1. The van der Waals surface area contributed by atoms with E-state index in [4.69, 9.17) is 4.74 Å². The number of aliphatic carboxylic acids is 1. The van der Waals surface area contributed by atoms with Crippen LogP contribution in [0, 0.1) is 25.1 Å². The van der Waals surface area contributed by atoms with Crippen LogP contribution in [0.5, 0.6) is 0 Å². The molecule has 22 heavy (non-hydrogen) atoms. The zero-order valence-corrected chi connectivity index (χ0v) is 13.0. The van der Waals surface area contributed by atoms with E-state index < -0.39 is 11.4 Å². The molecular formula is C16H20FNO4. The monoisotopic (exact) mass is 309 g/mol. The zero-order chi connectivity index (χ0) is 16.5. The third-order valence-electron chi connectivity index (χ3n) is 4.20. The number of likely N-dealkylation sites (tertiary alicyclic amines) is 1. The molecule has 1 aromatic rings. The second-order valence-electron chi connectivity index (χ2n) is 5.92. The van der Waals surface area contributed by atoms with Crippen LogP contribution in [0.1, 0.15) is 27.9 Å². The number of benzene rings is 1. The number of carboxylic acids is 1. The molecule has 1 aliphatic heterocycles. The maximum Gasteiger partial charge on any atom is 0.313 e. The Labute approximate surface area is 128 Å². The van der Waals surface area contributed by atoms with Crippen LogP contribution in [0.25, 0.3) is 0 Å². The summed E-state index contributed by atoms with van der Waals surface area (Å²) in [5.74, 6) is -1.56. The highest BCUT2D eigenvalue weighted by molar-refractivity contribution is 5.95. The third-order valence-corrected chi connectivity index (χ3v) is 4.20. The molecular weight excluding hydrogens is 289 g/mol. The lowest BCUT2D eigenvalue weighted by atomic mass is 9.88. The van der Waals surface area contributed by atoms with Crippen molar-refractivity contribution in [2.24, 2.45) is 5.41 Å². The van der Waals surface area contributed by atoms with Gasteiger partial charge >= 0.3 is 5.97 Å². The summed E-state index contributed by atoms with van der Waals surface area (Å²) in [5.41, 5.74) is 0.136. The summed E-state index contributed by atoms with van der Waals surface area (Å²) in [6, 6.07) is 3.00. The van der Waals surface area contributed by atoms with Gasteiger partial charge in [0, 0.05) is 25.8 Å². The highest BCUT2D eigenvalue weighted by Gasteiger charge is 2.46. The first-order valence-electron chi connectivity index (χ1n) is 7.09. The Balaban J connectivity index is 2.23. The molecule has 1 aliphatic rings. The van der Waals surface area contributed by atoms with Crippen molar-refractivity contribution in [1.29, 1.82) is 0 Å². The van der Waals surface area contributed by atoms with Crippen LogP contribution in [0.4, 0.5) is 4.39 Å². The van der Waals surface area contributed by atoms with Crippen molar-refractivity contribution in [3.8, 4) is 0 Å². The van der Waals surface area contributed by atoms with Crippen molar-refractivity contribution in [2.75, 3.05) is 26.8 Å².